The highest BCUT2D eigenvalue weighted by atomic mass is 32.1. The SMILES string of the molecule is CCNC(Cc1ccc(CC)s1)C(C)(C)OCC. The zero-order valence-corrected chi connectivity index (χ0v) is 13.2. The van der Waals surface area contributed by atoms with Gasteiger partial charge in [0.15, 0.2) is 0 Å². The number of nitrogens with one attached hydrogen (secondary N) is 1. The molecule has 0 saturated heterocycles. The predicted molar refractivity (Wildman–Crippen MR) is 80.6 cm³/mol. The normalized spacial score (nSPS) is 13.8. The Labute approximate surface area is 116 Å². The summed E-state index contributed by atoms with van der Waals surface area (Å²) in [6.45, 7) is 12.5. The van der Waals surface area contributed by atoms with Crippen LogP contribution in [0.4, 0.5) is 0 Å². The summed E-state index contributed by atoms with van der Waals surface area (Å²) in [7, 11) is 0. The summed E-state index contributed by atoms with van der Waals surface area (Å²) in [5.41, 5.74) is -0.124. The molecule has 0 aliphatic carbocycles. The second-order valence-electron chi connectivity index (χ2n) is 5.07. The van der Waals surface area contributed by atoms with Gasteiger partial charge in [0.2, 0.25) is 0 Å². The van der Waals surface area contributed by atoms with Crippen LogP contribution in [0.2, 0.25) is 0 Å². The van der Waals surface area contributed by atoms with E-state index in [9.17, 15) is 0 Å². The van der Waals surface area contributed by atoms with E-state index in [2.05, 4.69) is 52.1 Å². The molecule has 104 valence electrons. The molecule has 0 amide bonds. The fourth-order valence-electron chi connectivity index (χ4n) is 2.21. The summed E-state index contributed by atoms with van der Waals surface area (Å²) in [4.78, 5) is 2.92. The van der Waals surface area contributed by atoms with E-state index in [4.69, 9.17) is 4.74 Å². The Morgan fingerprint density at radius 3 is 2.39 bits per heavy atom. The van der Waals surface area contributed by atoms with Crippen LogP contribution in [0, 0.1) is 0 Å². The van der Waals surface area contributed by atoms with Crippen molar-refractivity contribution in [1.82, 2.24) is 5.32 Å². The van der Waals surface area contributed by atoms with Crippen LogP contribution in [0.25, 0.3) is 0 Å². The van der Waals surface area contributed by atoms with Gasteiger partial charge in [-0.25, -0.2) is 0 Å². The molecule has 1 N–H and O–H groups in total. The van der Waals surface area contributed by atoms with Crippen molar-refractivity contribution in [1.29, 1.82) is 0 Å². The average Bonchev–Trinajstić information content (AvgIpc) is 2.76. The van der Waals surface area contributed by atoms with E-state index in [-0.39, 0.29) is 5.60 Å². The second-order valence-corrected chi connectivity index (χ2v) is 6.33. The second kappa shape index (κ2) is 7.27. The summed E-state index contributed by atoms with van der Waals surface area (Å²) in [6, 6.07) is 4.87. The number of likely N-dealkylation sites (N-methyl/N-ethyl adjacent to an activating group) is 1. The lowest BCUT2D eigenvalue weighted by atomic mass is 9.94. The number of thiophene rings is 1. The predicted octanol–water partition coefficient (Wildman–Crippen LogP) is 3.65. The molecule has 0 saturated carbocycles. The minimum atomic E-state index is -0.124. The van der Waals surface area contributed by atoms with Gasteiger partial charge in [-0.2, -0.15) is 0 Å². The Morgan fingerprint density at radius 1 is 1.22 bits per heavy atom. The van der Waals surface area contributed by atoms with Crippen LogP contribution in [0.5, 0.6) is 0 Å². The van der Waals surface area contributed by atoms with E-state index in [0.717, 1.165) is 26.0 Å². The molecule has 1 rings (SSSR count). The Bertz CT molecular complexity index is 346. The maximum atomic E-state index is 5.89. The molecule has 1 aromatic heterocycles. The monoisotopic (exact) mass is 269 g/mol. The van der Waals surface area contributed by atoms with Crippen molar-refractivity contribution in [3.8, 4) is 0 Å². The Balaban J connectivity index is 2.73. The summed E-state index contributed by atoms with van der Waals surface area (Å²) >= 11 is 1.93. The standard InChI is InChI=1S/C15H27NOS/c1-6-12-9-10-13(18-12)11-14(16-7-2)15(4,5)17-8-3/h9-10,14,16H,6-8,11H2,1-5H3. The maximum Gasteiger partial charge on any atom is 0.0782 e. The third-order valence-electron chi connectivity index (χ3n) is 3.28. The largest absolute Gasteiger partial charge is 0.374 e. The number of rotatable bonds is 8. The summed E-state index contributed by atoms with van der Waals surface area (Å²) < 4.78 is 5.89. The smallest absolute Gasteiger partial charge is 0.0782 e. The first-order chi connectivity index (χ1) is 8.53. The molecule has 3 heteroatoms. The molecule has 2 nitrogen and oxygen atoms in total. The highest BCUT2D eigenvalue weighted by Crippen LogP contribution is 2.23. The van der Waals surface area contributed by atoms with Gasteiger partial charge in [-0.1, -0.05) is 13.8 Å². The van der Waals surface area contributed by atoms with Crippen molar-refractivity contribution in [2.45, 2.75) is 59.1 Å². The van der Waals surface area contributed by atoms with Crippen molar-refractivity contribution < 1.29 is 4.74 Å². The van der Waals surface area contributed by atoms with Gasteiger partial charge in [0.05, 0.1) is 5.60 Å². The third kappa shape index (κ3) is 4.38. The summed E-state index contributed by atoms with van der Waals surface area (Å²) in [5, 5.41) is 3.57. The van der Waals surface area contributed by atoms with Crippen molar-refractivity contribution in [3.05, 3.63) is 21.9 Å². The van der Waals surface area contributed by atoms with Crippen LogP contribution < -0.4 is 5.32 Å². The van der Waals surface area contributed by atoms with Gasteiger partial charge in [-0.15, -0.1) is 11.3 Å². The quantitative estimate of drug-likeness (QED) is 0.778. The third-order valence-corrected chi connectivity index (χ3v) is 4.53. The summed E-state index contributed by atoms with van der Waals surface area (Å²) in [6.07, 6.45) is 2.18. The van der Waals surface area contributed by atoms with E-state index >= 15 is 0 Å². The molecule has 0 bridgehead atoms. The van der Waals surface area contributed by atoms with Gasteiger partial charge >= 0.3 is 0 Å². The fourth-order valence-corrected chi connectivity index (χ4v) is 3.21. The van der Waals surface area contributed by atoms with Crippen LogP contribution in [0.3, 0.4) is 0 Å². The number of hydrogen-bond donors (Lipinski definition) is 1. The molecular formula is C15H27NOS. The number of aryl methyl sites for hydroxylation is 1. The molecule has 1 unspecified atom stereocenters. The van der Waals surface area contributed by atoms with Gasteiger partial charge in [0, 0.05) is 22.4 Å². The van der Waals surface area contributed by atoms with Crippen LogP contribution >= 0.6 is 11.3 Å². The molecule has 0 radical (unpaired) electrons. The first-order valence-corrected chi connectivity index (χ1v) is 7.80. The average molecular weight is 269 g/mol. The molecule has 1 atom stereocenters. The molecule has 1 aromatic rings. The number of ether oxygens (including phenoxy) is 1. The van der Waals surface area contributed by atoms with Gasteiger partial charge in [0.25, 0.3) is 0 Å². The van der Waals surface area contributed by atoms with Crippen LogP contribution in [-0.2, 0) is 17.6 Å². The maximum absolute atomic E-state index is 5.89. The van der Waals surface area contributed by atoms with E-state index in [1.54, 1.807) is 0 Å². The van der Waals surface area contributed by atoms with E-state index < -0.39 is 0 Å². The lowest BCUT2D eigenvalue weighted by Gasteiger charge is -2.34. The van der Waals surface area contributed by atoms with E-state index in [1.807, 2.05) is 11.3 Å². The molecular weight excluding hydrogens is 242 g/mol. The van der Waals surface area contributed by atoms with Crippen molar-refractivity contribution in [3.63, 3.8) is 0 Å². The minimum absolute atomic E-state index is 0.124. The molecule has 0 spiro atoms. The molecule has 0 fully saturated rings. The van der Waals surface area contributed by atoms with Gasteiger partial charge in [-0.05, 0) is 52.3 Å². The molecule has 0 aliphatic heterocycles. The lowest BCUT2D eigenvalue weighted by molar-refractivity contribution is -0.0375. The zero-order chi connectivity index (χ0) is 13.6. The van der Waals surface area contributed by atoms with Crippen molar-refractivity contribution >= 4 is 11.3 Å². The minimum Gasteiger partial charge on any atom is -0.374 e. The van der Waals surface area contributed by atoms with Crippen LogP contribution in [0.15, 0.2) is 12.1 Å². The van der Waals surface area contributed by atoms with Crippen LogP contribution in [0.1, 0.15) is 44.4 Å². The first-order valence-electron chi connectivity index (χ1n) is 6.98. The van der Waals surface area contributed by atoms with Gasteiger partial charge in [0.1, 0.15) is 0 Å². The summed E-state index contributed by atoms with van der Waals surface area (Å²) in [5.74, 6) is 0. The van der Waals surface area contributed by atoms with Gasteiger partial charge < -0.3 is 10.1 Å². The van der Waals surface area contributed by atoms with E-state index in [0.29, 0.717) is 6.04 Å². The molecule has 0 aliphatic rings. The number of hydrogen-bond acceptors (Lipinski definition) is 3. The first kappa shape index (κ1) is 15.7. The molecule has 1 heterocycles. The van der Waals surface area contributed by atoms with Crippen molar-refractivity contribution in [2.24, 2.45) is 0 Å². The van der Waals surface area contributed by atoms with Crippen molar-refractivity contribution in [2.75, 3.05) is 13.2 Å². The molecule has 18 heavy (non-hydrogen) atoms. The van der Waals surface area contributed by atoms with Gasteiger partial charge in [-0.3, -0.25) is 0 Å². The Morgan fingerprint density at radius 2 is 1.89 bits per heavy atom. The highest BCUT2D eigenvalue weighted by molar-refractivity contribution is 7.11. The Kier molecular flexibility index (Phi) is 6.33. The topological polar surface area (TPSA) is 21.3 Å². The molecule has 0 aromatic carbocycles. The Hall–Kier alpha value is -0.380. The lowest BCUT2D eigenvalue weighted by Crippen LogP contribution is -2.49. The highest BCUT2D eigenvalue weighted by Gasteiger charge is 2.29. The van der Waals surface area contributed by atoms with E-state index in [1.165, 1.54) is 9.75 Å². The van der Waals surface area contributed by atoms with Crippen LogP contribution in [-0.4, -0.2) is 24.8 Å². The zero-order valence-electron chi connectivity index (χ0n) is 12.4. The fraction of sp³-hybridized carbons (Fsp3) is 0.733.